The Bertz CT molecular complexity index is 277. The third kappa shape index (κ3) is 4.26. The Morgan fingerprint density at radius 1 is 1.59 bits per heavy atom. The van der Waals surface area contributed by atoms with Crippen molar-refractivity contribution in [3.8, 4) is 0 Å². The SMILES string of the molecule is COC(=O)C(C)(N)CCN1CCOC(C)(C)C1. The number of rotatable bonds is 4. The van der Waals surface area contributed by atoms with Gasteiger partial charge in [-0.25, -0.2) is 0 Å². The molecule has 0 bridgehead atoms. The number of nitrogens with zero attached hydrogens (tertiary/aromatic N) is 1. The molecule has 5 heteroatoms. The summed E-state index contributed by atoms with van der Waals surface area (Å²) in [6.45, 7) is 9.12. The van der Waals surface area contributed by atoms with E-state index in [0.717, 1.165) is 26.2 Å². The van der Waals surface area contributed by atoms with Crippen LogP contribution in [-0.4, -0.2) is 55.4 Å². The monoisotopic (exact) mass is 244 g/mol. The summed E-state index contributed by atoms with van der Waals surface area (Å²) in [5, 5.41) is 0. The van der Waals surface area contributed by atoms with E-state index in [0.29, 0.717) is 6.42 Å². The molecule has 1 heterocycles. The van der Waals surface area contributed by atoms with Gasteiger partial charge in [0.05, 0.1) is 19.3 Å². The van der Waals surface area contributed by atoms with Gasteiger partial charge in [-0.05, 0) is 27.2 Å². The van der Waals surface area contributed by atoms with E-state index in [2.05, 4.69) is 23.5 Å². The van der Waals surface area contributed by atoms with Crippen LogP contribution in [0.15, 0.2) is 0 Å². The number of esters is 1. The molecule has 1 unspecified atom stereocenters. The van der Waals surface area contributed by atoms with Crippen LogP contribution in [0, 0.1) is 0 Å². The summed E-state index contributed by atoms with van der Waals surface area (Å²) < 4.78 is 10.3. The highest BCUT2D eigenvalue weighted by Gasteiger charge is 2.32. The molecule has 1 atom stereocenters. The third-order valence-electron chi connectivity index (χ3n) is 3.10. The van der Waals surface area contributed by atoms with E-state index in [1.807, 2.05) is 0 Å². The number of carbonyl (C=O) groups is 1. The zero-order valence-corrected chi connectivity index (χ0v) is 11.3. The maximum atomic E-state index is 11.4. The number of methoxy groups -OCH3 is 1. The van der Waals surface area contributed by atoms with Gasteiger partial charge in [0, 0.05) is 19.6 Å². The molecule has 2 N–H and O–H groups in total. The van der Waals surface area contributed by atoms with E-state index in [4.69, 9.17) is 10.5 Å². The highest BCUT2D eigenvalue weighted by Crippen LogP contribution is 2.18. The molecule has 1 saturated heterocycles. The third-order valence-corrected chi connectivity index (χ3v) is 3.10. The summed E-state index contributed by atoms with van der Waals surface area (Å²) in [5.74, 6) is -0.356. The van der Waals surface area contributed by atoms with Crippen LogP contribution in [-0.2, 0) is 14.3 Å². The van der Waals surface area contributed by atoms with Gasteiger partial charge in [-0.1, -0.05) is 0 Å². The van der Waals surface area contributed by atoms with Crippen molar-refractivity contribution in [2.75, 3.05) is 33.4 Å². The zero-order valence-electron chi connectivity index (χ0n) is 11.3. The maximum absolute atomic E-state index is 11.4. The Hall–Kier alpha value is -0.650. The summed E-state index contributed by atoms with van der Waals surface area (Å²) in [6, 6.07) is 0. The second-order valence-corrected chi connectivity index (χ2v) is 5.54. The lowest BCUT2D eigenvalue weighted by Crippen LogP contribution is -2.52. The van der Waals surface area contributed by atoms with Gasteiger partial charge in [0.1, 0.15) is 5.54 Å². The van der Waals surface area contributed by atoms with E-state index < -0.39 is 5.54 Å². The van der Waals surface area contributed by atoms with E-state index >= 15 is 0 Å². The summed E-state index contributed by atoms with van der Waals surface area (Å²) >= 11 is 0. The number of nitrogens with two attached hydrogens (primary N) is 1. The molecule has 0 aliphatic carbocycles. The minimum atomic E-state index is -0.906. The summed E-state index contributed by atoms with van der Waals surface area (Å²) in [5.41, 5.74) is 4.90. The minimum absolute atomic E-state index is 0.117. The van der Waals surface area contributed by atoms with Crippen LogP contribution in [0.3, 0.4) is 0 Å². The Kier molecular flexibility index (Phi) is 4.52. The van der Waals surface area contributed by atoms with Gasteiger partial charge >= 0.3 is 5.97 Å². The van der Waals surface area contributed by atoms with Crippen molar-refractivity contribution in [2.24, 2.45) is 5.73 Å². The first-order chi connectivity index (χ1) is 7.77. The molecule has 1 fully saturated rings. The fourth-order valence-electron chi connectivity index (χ4n) is 2.03. The van der Waals surface area contributed by atoms with E-state index in [1.54, 1.807) is 6.92 Å². The topological polar surface area (TPSA) is 64.8 Å². The van der Waals surface area contributed by atoms with E-state index in [-0.39, 0.29) is 11.6 Å². The van der Waals surface area contributed by atoms with Crippen molar-refractivity contribution in [2.45, 2.75) is 38.3 Å². The fraction of sp³-hybridized carbons (Fsp3) is 0.917. The number of carbonyl (C=O) groups excluding carboxylic acids is 1. The first-order valence-corrected chi connectivity index (χ1v) is 6.00. The molecule has 0 aromatic rings. The molecule has 100 valence electrons. The largest absolute Gasteiger partial charge is 0.468 e. The average molecular weight is 244 g/mol. The highest BCUT2D eigenvalue weighted by atomic mass is 16.5. The number of ether oxygens (including phenoxy) is 2. The van der Waals surface area contributed by atoms with Crippen molar-refractivity contribution in [3.63, 3.8) is 0 Å². The zero-order chi connectivity index (χ0) is 13.1. The lowest BCUT2D eigenvalue weighted by Gasteiger charge is -2.39. The molecule has 5 nitrogen and oxygen atoms in total. The lowest BCUT2D eigenvalue weighted by molar-refractivity contribution is -0.147. The Labute approximate surface area is 103 Å². The van der Waals surface area contributed by atoms with Crippen LogP contribution in [0.25, 0.3) is 0 Å². The number of hydrogen-bond acceptors (Lipinski definition) is 5. The smallest absolute Gasteiger partial charge is 0.325 e. The Balaban J connectivity index is 2.43. The normalized spacial score (nSPS) is 24.1. The van der Waals surface area contributed by atoms with Crippen LogP contribution >= 0.6 is 0 Å². The van der Waals surface area contributed by atoms with Gasteiger partial charge in [-0.15, -0.1) is 0 Å². The fourth-order valence-corrected chi connectivity index (χ4v) is 2.03. The van der Waals surface area contributed by atoms with Gasteiger partial charge in [0.15, 0.2) is 0 Å². The van der Waals surface area contributed by atoms with Gasteiger partial charge in [-0.2, -0.15) is 0 Å². The van der Waals surface area contributed by atoms with Gasteiger partial charge in [-0.3, -0.25) is 9.69 Å². The molecule has 0 saturated carbocycles. The minimum Gasteiger partial charge on any atom is -0.468 e. The highest BCUT2D eigenvalue weighted by molar-refractivity contribution is 5.79. The summed E-state index contributed by atoms with van der Waals surface area (Å²) in [6.07, 6.45) is 0.593. The second kappa shape index (κ2) is 5.33. The molecular weight excluding hydrogens is 220 g/mol. The maximum Gasteiger partial charge on any atom is 0.325 e. The average Bonchev–Trinajstić information content (AvgIpc) is 2.24. The predicted octanol–water partition coefficient (Wildman–Crippen LogP) is 0.378. The van der Waals surface area contributed by atoms with Crippen LogP contribution in [0.5, 0.6) is 0 Å². The lowest BCUT2D eigenvalue weighted by atomic mass is 9.98. The summed E-state index contributed by atoms with van der Waals surface area (Å²) in [4.78, 5) is 13.7. The first-order valence-electron chi connectivity index (χ1n) is 6.00. The van der Waals surface area contributed by atoms with Crippen LogP contribution in [0.2, 0.25) is 0 Å². The molecule has 0 spiro atoms. The summed E-state index contributed by atoms with van der Waals surface area (Å²) in [7, 11) is 1.37. The van der Waals surface area contributed by atoms with Crippen LogP contribution < -0.4 is 5.73 Å². The number of morpholine rings is 1. The Morgan fingerprint density at radius 2 is 2.24 bits per heavy atom. The molecule has 0 aromatic carbocycles. The van der Waals surface area contributed by atoms with Crippen molar-refractivity contribution in [1.29, 1.82) is 0 Å². The molecule has 0 radical (unpaired) electrons. The second-order valence-electron chi connectivity index (χ2n) is 5.54. The Morgan fingerprint density at radius 3 is 2.76 bits per heavy atom. The van der Waals surface area contributed by atoms with Crippen molar-refractivity contribution in [1.82, 2.24) is 4.90 Å². The predicted molar refractivity (Wildman–Crippen MR) is 65.7 cm³/mol. The molecular formula is C12H24N2O3. The van der Waals surface area contributed by atoms with E-state index in [1.165, 1.54) is 7.11 Å². The first kappa shape index (κ1) is 14.4. The van der Waals surface area contributed by atoms with Crippen molar-refractivity contribution in [3.05, 3.63) is 0 Å². The molecule has 17 heavy (non-hydrogen) atoms. The van der Waals surface area contributed by atoms with Crippen molar-refractivity contribution < 1.29 is 14.3 Å². The van der Waals surface area contributed by atoms with Gasteiger partial charge < -0.3 is 15.2 Å². The van der Waals surface area contributed by atoms with Crippen LogP contribution in [0.1, 0.15) is 27.2 Å². The quantitative estimate of drug-likeness (QED) is 0.724. The standard InChI is InChI=1S/C12H24N2O3/c1-11(2)9-14(7-8-17-11)6-5-12(3,13)10(15)16-4/h5-9,13H2,1-4H3. The van der Waals surface area contributed by atoms with E-state index in [9.17, 15) is 4.79 Å². The van der Waals surface area contributed by atoms with Gasteiger partial charge in [0.25, 0.3) is 0 Å². The van der Waals surface area contributed by atoms with Crippen LogP contribution in [0.4, 0.5) is 0 Å². The molecule has 0 aromatic heterocycles. The van der Waals surface area contributed by atoms with Crippen molar-refractivity contribution >= 4 is 5.97 Å². The van der Waals surface area contributed by atoms with Gasteiger partial charge in [0.2, 0.25) is 0 Å². The molecule has 1 aliphatic heterocycles. The molecule has 1 aliphatic rings. The molecule has 0 amide bonds. The number of hydrogen-bond donors (Lipinski definition) is 1. The molecule has 1 rings (SSSR count).